The van der Waals surface area contributed by atoms with Gasteiger partial charge in [0, 0.05) is 28.4 Å². The Morgan fingerprint density at radius 3 is 1.30 bits per heavy atom. The molecule has 0 saturated heterocycles. The molecule has 0 aliphatic carbocycles. The molecule has 5 nitrogen and oxygen atoms in total. The summed E-state index contributed by atoms with van der Waals surface area (Å²) in [6.07, 6.45) is 0. The van der Waals surface area contributed by atoms with Crippen molar-refractivity contribution in [3.63, 3.8) is 0 Å². The lowest BCUT2D eigenvalue weighted by Gasteiger charge is -2.05. The second kappa shape index (κ2) is 10.1. The highest BCUT2D eigenvalue weighted by molar-refractivity contribution is 7.61. The topological polar surface area (TPSA) is 107 Å². The van der Waals surface area contributed by atoms with Gasteiger partial charge < -0.3 is 22.5 Å². The van der Waals surface area contributed by atoms with Gasteiger partial charge in [-0.2, -0.15) is 0 Å². The molecule has 0 aliphatic heterocycles. The number of nitrogens with two attached hydrogens (primary N) is 3. The summed E-state index contributed by atoms with van der Waals surface area (Å²) in [5.41, 5.74) is 21.0. The lowest BCUT2D eigenvalue weighted by atomic mass is 10.2. The number of anilines is 5. The Hall–Kier alpha value is -3.82. The Bertz CT molecular complexity index is 1030. The predicted octanol–water partition coefficient (Wildman–Crippen LogP) is 4.64. The number of nitrogen functional groups attached to an aromatic ring is 3. The van der Waals surface area contributed by atoms with Gasteiger partial charge in [0.25, 0.3) is 0 Å². The van der Waals surface area contributed by atoms with Crippen LogP contribution in [-0.2, 0) is 4.57 Å². The summed E-state index contributed by atoms with van der Waals surface area (Å²) in [6.45, 7) is 0. The van der Waals surface area contributed by atoms with Gasteiger partial charge in [0.15, 0.2) is 10.6 Å². The average molecular weight is 415 g/mol. The van der Waals surface area contributed by atoms with Gasteiger partial charge in [0.1, 0.15) is 0 Å². The zero-order valence-electron chi connectivity index (χ0n) is 16.4. The molecule has 0 spiro atoms. The van der Waals surface area contributed by atoms with Crippen molar-refractivity contribution in [2.75, 3.05) is 22.5 Å². The molecule has 30 heavy (non-hydrogen) atoms. The molecule has 4 aromatic rings. The molecule has 150 valence electrons. The van der Waals surface area contributed by atoms with Crippen molar-refractivity contribution in [1.29, 1.82) is 0 Å². The molecule has 0 amide bonds. The zero-order valence-corrected chi connectivity index (χ0v) is 17.3. The van der Waals surface area contributed by atoms with Crippen molar-refractivity contribution in [3.05, 3.63) is 103 Å². The van der Waals surface area contributed by atoms with Gasteiger partial charge in [-0.3, -0.25) is 0 Å². The van der Waals surface area contributed by atoms with Gasteiger partial charge in [-0.05, 0) is 84.9 Å². The van der Waals surface area contributed by atoms with Gasteiger partial charge in [-0.25, -0.2) is 0 Å². The maximum absolute atomic E-state index is 12.1. The first-order valence-electron chi connectivity index (χ1n) is 9.37. The summed E-state index contributed by atoms with van der Waals surface area (Å²) in [4.78, 5) is 0. The minimum Gasteiger partial charge on any atom is -0.399 e. The van der Waals surface area contributed by atoms with Gasteiger partial charge in [0.2, 0.25) is 0 Å². The number of rotatable bonds is 4. The fourth-order valence-electron chi connectivity index (χ4n) is 2.62. The van der Waals surface area contributed by atoms with Crippen LogP contribution in [0, 0.1) is 0 Å². The molecule has 0 atom stereocenters. The summed E-state index contributed by atoms with van der Waals surface area (Å²) < 4.78 is 12.1. The first kappa shape index (κ1) is 20.9. The van der Waals surface area contributed by atoms with E-state index in [9.17, 15) is 4.57 Å². The van der Waals surface area contributed by atoms with E-state index in [0.29, 0.717) is 11.4 Å². The first-order valence-corrected chi connectivity index (χ1v) is 10.6. The Labute approximate surface area is 177 Å². The molecule has 4 rings (SSSR count). The molecule has 4 aromatic carbocycles. The highest BCUT2D eigenvalue weighted by atomic mass is 31.1. The number of para-hydroxylation sites is 1. The summed E-state index contributed by atoms with van der Waals surface area (Å²) in [6, 6.07) is 31.9. The van der Waals surface area contributed by atoms with E-state index >= 15 is 0 Å². The van der Waals surface area contributed by atoms with Crippen LogP contribution in [0.15, 0.2) is 103 Å². The van der Waals surface area contributed by atoms with Crippen LogP contribution in [0.5, 0.6) is 0 Å². The summed E-state index contributed by atoms with van der Waals surface area (Å²) >= 11 is 0. The summed E-state index contributed by atoms with van der Waals surface area (Å²) in [5, 5.41) is 4.82. The van der Waals surface area contributed by atoms with Crippen molar-refractivity contribution in [1.82, 2.24) is 0 Å². The van der Waals surface area contributed by atoms with E-state index in [4.69, 9.17) is 17.2 Å². The minimum atomic E-state index is -1.56. The standard InChI is InChI=1S/C12H12N2OP.C12H12N2/c13-9-1-5-11(6-2-9)16(15)12-7-3-10(14)4-8-12;13-10-6-8-12(9-7-10)14-11-4-2-1-3-5-11/h1-8H,13-14H2;1-9,14H,13H2/q+1;. The number of hydrogen-bond acceptors (Lipinski definition) is 5. The number of benzene rings is 4. The second-order valence-electron chi connectivity index (χ2n) is 6.59. The van der Waals surface area contributed by atoms with E-state index in [1.165, 1.54) is 0 Å². The Morgan fingerprint density at radius 2 is 0.867 bits per heavy atom. The average Bonchev–Trinajstić information content (AvgIpc) is 2.77. The highest BCUT2D eigenvalue weighted by Gasteiger charge is 2.22. The van der Waals surface area contributed by atoms with Gasteiger partial charge >= 0.3 is 7.80 Å². The monoisotopic (exact) mass is 415 g/mol. The molecular weight excluding hydrogens is 391 g/mol. The van der Waals surface area contributed by atoms with Gasteiger partial charge in [0.05, 0.1) is 0 Å². The number of nitrogens with one attached hydrogen (secondary N) is 1. The second-order valence-corrected chi connectivity index (χ2v) is 8.21. The van der Waals surface area contributed by atoms with Crippen molar-refractivity contribution < 1.29 is 4.57 Å². The van der Waals surface area contributed by atoms with Crippen LogP contribution < -0.4 is 33.1 Å². The maximum atomic E-state index is 12.1. The fourth-order valence-corrected chi connectivity index (χ4v) is 3.76. The zero-order chi connectivity index (χ0) is 21.3. The third kappa shape index (κ3) is 6.09. The molecule has 7 N–H and O–H groups in total. The van der Waals surface area contributed by atoms with E-state index in [2.05, 4.69) is 5.32 Å². The molecule has 0 aliphatic rings. The first-order chi connectivity index (χ1) is 14.5. The Morgan fingerprint density at radius 1 is 0.500 bits per heavy atom. The molecular formula is C24H24N4OP+. The molecule has 0 saturated carbocycles. The van der Waals surface area contributed by atoms with Crippen LogP contribution in [0.2, 0.25) is 0 Å². The van der Waals surface area contributed by atoms with E-state index in [1.54, 1.807) is 48.5 Å². The lowest BCUT2D eigenvalue weighted by molar-refractivity contribution is 0.598. The smallest absolute Gasteiger partial charge is 0.399 e. The largest absolute Gasteiger partial charge is 0.415 e. The van der Waals surface area contributed by atoms with Crippen LogP contribution in [0.4, 0.5) is 28.4 Å². The lowest BCUT2D eigenvalue weighted by Crippen LogP contribution is -2.06. The van der Waals surface area contributed by atoms with Crippen LogP contribution in [0.3, 0.4) is 0 Å². The van der Waals surface area contributed by atoms with Crippen molar-refractivity contribution in [2.45, 2.75) is 0 Å². The van der Waals surface area contributed by atoms with Gasteiger partial charge in [-0.15, -0.1) is 0 Å². The molecule has 0 aromatic heterocycles. The Kier molecular flexibility index (Phi) is 7.04. The van der Waals surface area contributed by atoms with E-state index < -0.39 is 7.80 Å². The maximum Gasteiger partial charge on any atom is 0.415 e. The quantitative estimate of drug-likeness (QED) is 0.287. The van der Waals surface area contributed by atoms with Crippen LogP contribution in [0.25, 0.3) is 0 Å². The molecule has 6 heteroatoms. The third-order valence-electron chi connectivity index (χ3n) is 4.23. The highest BCUT2D eigenvalue weighted by Crippen LogP contribution is 2.20. The third-order valence-corrected chi connectivity index (χ3v) is 5.76. The molecule has 0 bridgehead atoms. The summed E-state index contributed by atoms with van der Waals surface area (Å²) in [7, 11) is -1.56. The molecule has 0 unspecified atom stereocenters. The van der Waals surface area contributed by atoms with Gasteiger partial charge in [-0.1, -0.05) is 22.8 Å². The number of hydrogen-bond donors (Lipinski definition) is 4. The predicted molar refractivity (Wildman–Crippen MR) is 129 cm³/mol. The molecule has 0 fully saturated rings. The summed E-state index contributed by atoms with van der Waals surface area (Å²) in [5.74, 6) is 0. The molecule has 0 heterocycles. The SMILES string of the molecule is Nc1ccc(Nc2ccccc2)cc1.Nc1ccc([P+](=O)c2ccc(N)cc2)cc1. The van der Waals surface area contributed by atoms with Crippen LogP contribution in [0.1, 0.15) is 0 Å². The van der Waals surface area contributed by atoms with Crippen molar-refractivity contribution in [3.8, 4) is 0 Å². The van der Waals surface area contributed by atoms with Crippen LogP contribution >= 0.6 is 7.80 Å². The van der Waals surface area contributed by atoms with E-state index in [1.807, 2.05) is 54.6 Å². The van der Waals surface area contributed by atoms with Crippen molar-refractivity contribution >= 4 is 46.8 Å². The fraction of sp³-hybridized carbons (Fsp3) is 0. The minimum absolute atomic E-state index is 0.671. The normalized spacial score (nSPS) is 9.87. The van der Waals surface area contributed by atoms with E-state index in [-0.39, 0.29) is 0 Å². The van der Waals surface area contributed by atoms with Crippen molar-refractivity contribution in [2.24, 2.45) is 0 Å². The van der Waals surface area contributed by atoms with E-state index in [0.717, 1.165) is 27.7 Å². The Balaban J connectivity index is 0.000000172. The van der Waals surface area contributed by atoms with Crippen LogP contribution in [-0.4, -0.2) is 0 Å². The molecule has 0 radical (unpaired) electrons.